The predicted octanol–water partition coefficient (Wildman–Crippen LogP) is 2.86. The summed E-state index contributed by atoms with van der Waals surface area (Å²) in [6.07, 6.45) is -0.320. The molecule has 0 unspecified atom stereocenters. The SMILES string of the molecule is Cc1ccc(S(=O)(=O)CCC(=O)OCc2nc(-c3ccc([N+](=O)[O-])cc3)no2)cc1. The number of carbonyl (C=O) groups excluding carboxylic acids is 1. The minimum Gasteiger partial charge on any atom is -0.456 e. The summed E-state index contributed by atoms with van der Waals surface area (Å²) in [7, 11) is -3.60. The lowest BCUT2D eigenvalue weighted by molar-refractivity contribution is -0.384. The van der Waals surface area contributed by atoms with Gasteiger partial charge in [0.15, 0.2) is 16.4 Å². The third-order valence-corrected chi connectivity index (χ3v) is 5.85. The molecule has 0 N–H and O–H groups in total. The van der Waals surface area contributed by atoms with Crippen molar-refractivity contribution in [2.45, 2.75) is 24.8 Å². The van der Waals surface area contributed by atoms with E-state index in [0.29, 0.717) is 5.56 Å². The lowest BCUT2D eigenvalue weighted by Crippen LogP contribution is -2.13. The number of hydrogen-bond acceptors (Lipinski definition) is 9. The first-order valence-electron chi connectivity index (χ1n) is 8.77. The van der Waals surface area contributed by atoms with Gasteiger partial charge in [-0.1, -0.05) is 22.9 Å². The van der Waals surface area contributed by atoms with Crippen molar-refractivity contribution in [3.63, 3.8) is 0 Å². The Balaban J connectivity index is 1.53. The van der Waals surface area contributed by atoms with Gasteiger partial charge in [-0.15, -0.1) is 0 Å². The largest absolute Gasteiger partial charge is 0.456 e. The summed E-state index contributed by atoms with van der Waals surface area (Å²) < 4.78 is 34.5. The average Bonchev–Trinajstić information content (AvgIpc) is 3.20. The highest BCUT2D eigenvalue weighted by molar-refractivity contribution is 7.91. The molecule has 2 aromatic carbocycles. The molecule has 0 amide bonds. The van der Waals surface area contributed by atoms with Crippen LogP contribution in [-0.2, 0) is 26.0 Å². The number of nitro benzene ring substituents is 1. The molecule has 11 heteroatoms. The fourth-order valence-electron chi connectivity index (χ4n) is 2.46. The summed E-state index contributed by atoms with van der Waals surface area (Å²) in [5.74, 6) is -0.913. The summed E-state index contributed by atoms with van der Waals surface area (Å²) >= 11 is 0. The number of hydrogen-bond donors (Lipinski definition) is 0. The highest BCUT2D eigenvalue weighted by atomic mass is 32.2. The van der Waals surface area contributed by atoms with Crippen molar-refractivity contribution in [1.82, 2.24) is 10.1 Å². The van der Waals surface area contributed by atoms with E-state index in [2.05, 4.69) is 10.1 Å². The maximum absolute atomic E-state index is 12.3. The van der Waals surface area contributed by atoms with Crippen LogP contribution in [0, 0.1) is 17.0 Å². The first-order chi connectivity index (χ1) is 14.2. The molecule has 0 atom stereocenters. The molecule has 1 aromatic heterocycles. The molecule has 0 aliphatic carbocycles. The van der Waals surface area contributed by atoms with E-state index >= 15 is 0 Å². The predicted molar refractivity (Wildman–Crippen MR) is 104 cm³/mol. The number of aromatic nitrogens is 2. The summed E-state index contributed by atoms with van der Waals surface area (Å²) in [6, 6.07) is 11.9. The summed E-state index contributed by atoms with van der Waals surface area (Å²) in [6.45, 7) is 1.53. The van der Waals surface area contributed by atoms with Crippen LogP contribution >= 0.6 is 0 Å². The number of non-ortho nitro benzene ring substituents is 1. The fraction of sp³-hybridized carbons (Fsp3) is 0.211. The Morgan fingerprint density at radius 3 is 2.43 bits per heavy atom. The second kappa shape index (κ2) is 8.82. The molecule has 0 bridgehead atoms. The number of benzene rings is 2. The van der Waals surface area contributed by atoms with Crippen LogP contribution in [0.5, 0.6) is 0 Å². The molecule has 1 heterocycles. The van der Waals surface area contributed by atoms with Gasteiger partial charge >= 0.3 is 5.97 Å². The van der Waals surface area contributed by atoms with E-state index in [9.17, 15) is 23.3 Å². The van der Waals surface area contributed by atoms with Gasteiger partial charge in [-0.2, -0.15) is 4.98 Å². The van der Waals surface area contributed by atoms with Crippen molar-refractivity contribution in [3.8, 4) is 11.4 Å². The molecule has 3 rings (SSSR count). The van der Waals surface area contributed by atoms with Crippen molar-refractivity contribution in [2.75, 3.05) is 5.75 Å². The number of nitrogens with zero attached hydrogens (tertiary/aromatic N) is 3. The number of sulfone groups is 1. The molecular formula is C19H17N3O7S. The maximum Gasteiger partial charge on any atom is 0.307 e. The van der Waals surface area contributed by atoms with Crippen LogP contribution < -0.4 is 0 Å². The van der Waals surface area contributed by atoms with Gasteiger partial charge in [-0.3, -0.25) is 14.9 Å². The Kier molecular flexibility index (Phi) is 6.21. The highest BCUT2D eigenvalue weighted by Crippen LogP contribution is 2.20. The zero-order valence-corrected chi connectivity index (χ0v) is 16.7. The van der Waals surface area contributed by atoms with Crippen LogP contribution in [0.1, 0.15) is 17.9 Å². The number of carbonyl (C=O) groups is 1. The second-order valence-corrected chi connectivity index (χ2v) is 8.47. The van der Waals surface area contributed by atoms with Crippen LogP contribution in [0.2, 0.25) is 0 Å². The van der Waals surface area contributed by atoms with E-state index in [1.165, 1.54) is 36.4 Å². The summed E-state index contributed by atoms with van der Waals surface area (Å²) in [4.78, 5) is 26.2. The van der Waals surface area contributed by atoms with E-state index in [-0.39, 0.29) is 41.1 Å². The first kappa shape index (κ1) is 21.1. The van der Waals surface area contributed by atoms with Gasteiger partial charge in [0.1, 0.15) is 0 Å². The normalized spacial score (nSPS) is 11.2. The molecular weight excluding hydrogens is 414 g/mol. The van der Waals surface area contributed by atoms with Gasteiger partial charge in [0.25, 0.3) is 11.6 Å². The summed E-state index contributed by atoms with van der Waals surface area (Å²) in [5, 5.41) is 14.4. The van der Waals surface area contributed by atoms with E-state index in [4.69, 9.17) is 9.26 Å². The maximum atomic E-state index is 12.3. The lowest BCUT2D eigenvalue weighted by Gasteiger charge is -2.05. The Morgan fingerprint density at radius 2 is 1.80 bits per heavy atom. The lowest BCUT2D eigenvalue weighted by atomic mass is 10.2. The van der Waals surface area contributed by atoms with Gasteiger partial charge in [0, 0.05) is 17.7 Å². The van der Waals surface area contributed by atoms with Gasteiger partial charge in [-0.25, -0.2) is 8.42 Å². The van der Waals surface area contributed by atoms with Crippen molar-refractivity contribution in [3.05, 3.63) is 70.1 Å². The Morgan fingerprint density at radius 1 is 1.13 bits per heavy atom. The number of nitro groups is 1. The third kappa shape index (κ3) is 5.26. The zero-order valence-electron chi connectivity index (χ0n) is 15.8. The monoisotopic (exact) mass is 431 g/mol. The van der Waals surface area contributed by atoms with Crippen LogP contribution in [0.3, 0.4) is 0 Å². The standard InChI is InChI=1S/C19H17N3O7S/c1-13-2-8-16(9-3-13)30(26,27)11-10-18(23)28-12-17-20-19(21-29-17)14-4-6-15(7-5-14)22(24)25/h2-9H,10-12H2,1H3. The third-order valence-electron chi connectivity index (χ3n) is 4.12. The molecule has 0 saturated carbocycles. The van der Waals surface area contributed by atoms with Crippen molar-refractivity contribution in [1.29, 1.82) is 0 Å². The summed E-state index contributed by atoms with van der Waals surface area (Å²) in [5.41, 5.74) is 1.35. The Labute approximate surface area is 171 Å². The minimum atomic E-state index is -3.60. The van der Waals surface area contributed by atoms with E-state index in [0.717, 1.165) is 5.56 Å². The molecule has 30 heavy (non-hydrogen) atoms. The van der Waals surface area contributed by atoms with Crippen LogP contribution in [0.15, 0.2) is 57.9 Å². The van der Waals surface area contributed by atoms with Crippen molar-refractivity contribution in [2.24, 2.45) is 0 Å². The second-order valence-electron chi connectivity index (χ2n) is 6.36. The first-order valence-corrected chi connectivity index (χ1v) is 10.4. The van der Waals surface area contributed by atoms with Crippen LogP contribution in [0.4, 0.5) is 5.69 Å². The molecule has 156 valence electrons. The molecule has 0 radical (unpaired) electrons. The Bertz CT molecular complexity index is 1150. The van der Waals surface area contributed by atoms with Crippen molar-refractivity contribution >= 4 is 21.5 Å². The zero-order chi connectivity index (χ0) is 21.7. The fourth-order valence-corrected chi connectivity index (χ4v) is 3.68. The van der Waals surface area contributed by atoms with Gasteiger partial charge < -0.3 is 9.26 Å². The quantitative estimate of drug-likeness (QED) is 0.299. The van der Waals surface area contributed by atoms with Crippen molar-refractivity contribution < 1.29 is 27.4 Å². The van der Waals surface area contributed by atoms with Gasteiger partial charge in [0.05, 0.1) is 22.0 Å². The molecule has 0 saturated heterocycles. The van der Waals surface area contributed by atoms with Gasteiger partial charge in [-0.05, 0) is 31.2 Å². The van der Waals surface area contributed by atoms with Crippen LogP contribution in [-0.4, -0.2) is 35.2 Å². The van der Waals surface area contributed by atoms with E-state index in [1.807, 2.05) is 6.92 Å². The molecule has 0 aliphatic rings. The molecule has 3 aromatic rings. The number of aryl methyl sites for hydroxylation is 1. The number of esters is 1. The minimum absolute atomic E-state index is 0.0121. The van der Waals surface area contributed by atoms with Crippen LogP contribution in [0.25, 0.3) is 11.4 Å². The molecule has 0 spiro atoms. The van der Waals surface area contributed by atoms with E-state index in [1.54, 1.807) is 12.1 Å². The highest BCUT2D eigenvalue weighted by Gasteiger charge is 2.18. The van der Waals surface area contributed by atoms with Gasteiger partial charge in [0.2, 0.25) is 5.82 Å². The average molecular weight is 431 g/mol. The number of ether oxygens (including phenoxy) is 1. The number of rotatable bonds is 8. The van der Waals surface area contributed by atoms with E-state index < -0.39 is 20.7 Å². The molecule has 0 aliphatic heterocycles. The smallest absolute Gasteiger partial charge is 0.307 e. The molecule has 0 fully saturated rings. The molecule has 10 nitrogen and oxygen atoms in total. The Hall–Kier alpha value is -3.60. The topological polar surface area (TPSA) is 142 Å².